The zero-order valence-corrected chi connectivity index (χ0v) is 12.6. The molecular weight excluding hydrogens is 299 g/mol. The predicted octanol–water partition coefficient (Wildman–Crippen LogP) is 0.165. The van der Waals surface area contributed by atoms with Crippen LogP contribution in [0.4, 0.5) is 0 Å². The number of methoxy groups -OCH3 is 1. The van der Waals surface area contributed by atoms with Crippen molar-refractivity contribution in [3.05, 3.63) is 0 Å². The molecule has 0 fully saturated rings. The minimum absolute atomic E-state index is 0. The van der Waals surface area contributed by atoms with E-state index in [1.807, 2.05) is 0 Å². The van der Waals surface area contributed by atoms with Gasteiger partial charge in [-0.25, -0.2) is 0 Å². The summed E-state index contributed by atoms with van der Waals surface area (Å²) in [6.07, 6.45) is 2.12. The second kappa shape index (κ2) is 6.55. The quantitative estimate of drug-likeness (QED) is 0.320. The monoisotopic (exact) mass is 311 g/mol. The van der Waals surface area contributed by atoms with Gasteiger partial charge in [-0.15, -0.1) is 0 Å². The average molecular weight is 311 g/mol. The van der Waals surface area contributed by atoms with E-state index in [0.29, 0.717) is 0 Å². The van der Waals surface area contributed by atoms with Gasteiger partial charge in [-0.3, -0.25) is 9.95 Å². The van der Waals surface area contributed by atoms with E-state index in [9.17, 15) is 13.2 Å². The molecule has 0 aromatic heterocycles. The van der Waals surface area contributed by atoms with Crippen LogP contribution in [-0.4, -0.2) is 32.5 Å². The molecular formula is C7H12NO5SY-. The van der Waals surface area contributed by atoms with E-state index in [1.54, 1.807) is 0 Å². The minimum atomic E-state index is -4.14. The Morgan fingerprint density at radius 3 is 2.20 bits per heavy atom. The molecule has 1 radical (unpaired) electrons. The zero-order chi connectivity index (χ0) is 11.4. The standard InChI is InChI=1S/C7H12NO5S.Y/c1-5-8-13-14(10,11)7(2,3)6(9)12-4;/h1-4H3;/q-1;. The number of carbonyl (C=O) groups is 1. The Morgan fingerprint density at radius 2 is 1.87 bits per heavy atom. The summed E-state index contributed by atoms with van der Waals surface area (Å²) in [5, 5.41) is 2.98. The minimum Gasteiger partial charge on any atom is -0.468 e. The van der Waals surface area contributed by atoms with Crippen molar-refractivity contribution in [2.24, 2.45) is 5.16 Å². The largest absolute Gasteiger partial charge is 0.468 e. The smallest absolute Gasteiger partial charge is 0.342 e. The summed E-state index contributed by atoms with van der Waals surface area (Å²) in [5.41, 5.74) is 0. The van der Waals surface area contributed by atoms with Gasteiger partial charge in [-0.1, -0.05) is 0 Å². The summed E-state index contributed by atoms with van der Waals surface area (Å²) in [5.74, 6) is -0.913. The number of ether oxygens (including phenoxy) is 1. The van der Waals surface area contributed by atoms with E-state index < -0.39 is 20.8 Å². The van der Waals surface area contributed by atoms with Crippen LogP contribution in [0.25, 0.3) is 0 Å². The van der Waals surface area contributed by atoms with E-state index in [-0.39, 0.29) is 32.7 Å². The van der Waals surface area contributed by atoms with Crippen molar-refractivity contribution in [3.8, 4) is 0 Å². The third-order valence-electron chi connectivity index (χ3n) is 1.53. The SMILES string of the molecule is C[C-]=NOS(=O)(=O)C(C)(C)C(=O)OC.[Y]. The maximum atomic E-state index is 11.4. The average Bonchev–Trinajstić information content (AvgIpc) is 2.13. The fourth-order valence-electron chi connectivity index (χ4n) is 0.527. The first-order valence-corrected chi connectivity index (χ1v) is 5.09. The first-order chi connectivity index (χ1) is 6.29. The van der Waals surface area contributed by atoms with Crippen LogP contribution in [0.5, 0.6) is 0 Å². The summed E-state index contributed by atoms with van der Waals surface area (Å²) >= 11 is 0. The van der Waals surface area contributed by atoms with E-state index in [4.69, 9.17) is 0 Å². The molecule has 0 aromatic rings. The Morgan fingerprint density at radius 1 is 1.40 bits per heavy atom. The molecule has 0 heterocycles. The van der Waals surface area contributed by atoms with Crippen molar-refractivity contribution in [1.82, 2.24) is 0 Å². The van der Waals surface area contributed by atoms with Crippen LogP contribution in [0, 0.1) is 0 Å². The molecule has 0 saturated carbocycles. The molecule has 6 nitrogen and oxygen atoms in total. The van der Waals surface area contributed by atoms with Crippen LogP contribution in [0.2, 0.25) is 0 Å². The molecule has 8 heteroatoms. The summed E-state index contributed by atoms with van der Waals surface area (Å²) in [4.78, 5) is 11.1. The van der Waals surface area contributed by atoms with Gasteiger partial charge >= 0.3 is 16.1 Å². The van der Waals surface area contributed by atoms with Crippen molar-refractivity contribution in [3.63, 3.8) is 0 Å². The number of hydrogen-bond acceptors (Lipinski definition) is 6. The van der Waals surface area contributed by atoms with Gasteiger partial charge in [0, 0.05) is 32.7 Å². The van der Waals surface area contributed by atoms with Gasteiger partial charge in [0.1, 0.15) is 0 Å². The number of nitrogens with zero attached hydrogens (tertiary/aromatic N) is 1. The van der Waals surface area contributed by atoms with Gasteiger partial charge < -0.3 is 15.2 Å². The summed E-state index contributed by atoms with van der Waals surface area (Å²) in [6.45, 7) is 3.69. The number of esters is 1. The molecule has 0 atom stereocenters. The van der Waals surface area contributed by atoms with Gasteiger partial charge in [-0.2, -0.15) is 15.3 Å². The van der Waals surface area contributed by atoms with Gasteiger partial charge in [-0.05, 0) is 13.8 Å². The molecule has 0 aliphatic rings. The van der Waals surface area contributed by atoms with Crippen LogP contribution in [0.1, 0.15) is 20.8 Å². The second-order valence-corrected chi connectivity index (χ2v) is 4.92. The van der Waals surface area contributed by atoms with Crippen molar-refractivity contribution in [1.29, 1.82) is 0 Å². The molecule has 0 rings (SSSR count). The van der Waals surface area contributed by atoms with Crippen molar-refractivity contribution in [2.75, 3.05) is 7.11 Å². The van der Waals surface area contributed by atoms with E-state index >= 15 is 0 Å². The molecule has 0 aliphatic carbocycles. The Hall–Kier alpha value is -0.00610. The maximum Gasteiger partial charge on any atom is 0.342 e. The van der Waals surface area contributed by atoms with E-state index in [1.165, 1.54) is 20.8 Å². The first kappa shape index (κ1) is 17.4. The van der Waals surface area contributed by atoms with Gasteiger partial charge in [0.2, 0.25) is 4.75 Å². The Kier molecular flexibility index (Phi) is 7.59. The van der Waals surface area contributed by atoms with Gasteiger partial charge in [0.05, 0.1) is 7.11 Å². The first-order valence-electron chi connectivity index (χ1n) is 3.68. The van der Waals surface area contributed by atoms with Gasteiger partial charge in [0.25, 0.3) is 0 Å². The van der Waals surface area contributed by atoms with E-state index in [0.717, 1.165) is 7.11 Å². The topological polar surface area (TPSA) is 82.0 Å². The van der Waals surface area contributed by atoms with Crippen molar-refractivity contribution < 1.29 is 54.9 Å². The third kappa shape index (κ3) is 4.16. The maximum absolute atomic E-state index is 11.4. The molecule has 0 saturated heterocycles. The summed E-state index contributed by atoms with van der Waals surface area (Å²) in [6, 6.07) is 0. The molecule has 0 amide bonds. The Labute approximate surface area is 114 Å². The second-order valence-electron chi connectivity index (χ2n) is 2.85. The van der Waals surface area contributed by atoms with Crippen molar-refractivity contribution >= 4 is 22.3 Å². The molecule has 85 valence electrons. The van der Waals surface area contributed by atoms with E-state index in [2.05, 4.69) is 20.4 Å². The van der Waals surface area contributed by atoms with Crippen LogP contribution >= 0.6 is 0 Å². The number of hydrogen-bond donors (Lipinski definition) is 0. The molecule has 0 unspecified atom stereocenters. The molecule has 0 N–H and O–H groups in total. The molecule has 0 aliphatic heterocycles. The third-order valence-corrected chi connectivity index (χ3v) is 3.22. The molecule has 0 bridgehead atoms. The molecule has 0 aromatic carbocycles. The Balaban J connectivity index is 0. The summed E-state index contributed by atoms with van der Waals surface area (Å²) < 4.78 is 29.4. The molecule has 0 spiro atoms. The zero-order valence-electron chi connectivity index (χ0n) is 8.97. The fraction of sp³-hybridized carbons (Fsp3) is 0.714. The number of carbonyl (C=O) groups excluding carboxylic acids is 1. The van der Waals surface area contributed by atoms with Crippen LogP contribution in [0.3, 0.4) is 0 Å². The van der Waals surface area contributed by atoms with Crippen LogP contribution in [0.15, 0.2) is 5.16 Å². The summed E-state index contributed by atoms with van der Waals surface area (Å²) in [7, 11) is -3.04. The number of rotatable bonds is 4. The van der Waals surface area contributed by atoms with Crippen LogP contribution < -0.4 is 0 Å². The van der Waals surface area contributed by atoms with Crippen LogP contribution in [-0.2, 0) is 56.6 Å². The van der Waals surface area contributed by atoms with Crippen molar-refractivity contribution in [2.45, 2.75) is 25.5 Å². The molecule has 15 heavy (non-hydrogen) atoms. The Bertz CT molecular complexity index is 335. The normalized spacial score (nSPS) is 12.0. The fourth-order valence-corrected chi connectivity index (χ4v) is 1.17. The van der Waals surface area contributed by atoms with Gasteiger partial charge in [0.15, 0.2) is 0 Å². The predicted molar refractivity (Wildman–Crippen MR) is 49.2 cm³/mol.